The largest absolute Gasteiger partial charge is 0.427 e. The first-order chi connectivity index (χ1) is 9.20. The second kappa shape index (κ2) is 6.20. The molecule has 1 aromatic heterocycles. The Balaban J connectivity index is 2.14. The molecule has 0 unspecified atom stereocenters. The Kier molecular flexibility index (Phi) is 4.36. The quantitative estimate of drug-likeness (QED) is 0.362. The fraction of sp³-hybridized carbons (Fsp3) is 0.267. The van der Waals surface area contributed by atoms with Crippen LogP contribution in [0.3, 0.4) is 0 Å². The van der Waals surface area contributed by atoms with Crippen molar-refractivity contribution in [2.75, 3.05) is 13.1 Å². The predicted molar refractivity (Wildman–Crippen MR) is 76.4 cm³/mol. The third-order valence-electron chi connectivity index (χ3n) is 2.86. The lowest BCUT2D eigenvalue weighted by Gasteiger charge is -2.03. The molecule has 0 spiro atoms. The van der Waals surface area contributed by atoms with Crippen LogP contribution < -0.4 is 10.1 Å². The normalized spacial score (nSPS) is 10.6. The number of nitrogens with one attached hydrogen (secondary N) is 2. The first-order valence-electron chi connectivity index (χ1n) is 6.30. The average Bonchev–Trinajstić information content (AvgIpc) is 2.77. The van der Waals surface area contributed by atoms with Crippen molar-refractivity contribution >= 4 is 16.9 Å². The Morgan fingerprint density at radius 3 is 3.11 bits per heavy atom. The third kappa shape index (κ3) is 3.45. The van der Waals surface area contributed by atoms with E-state index in [-0.39, 0.29) is 5.97 Å². The lowest BCUT2D eigenvalue weighted by Crippen LogP contribution is -2.16. The Bertz CT molecular complexity index is 587. The predicted octanol–water partition coefficient (Wildman–Crippen LogP) is 2.41. The summed E-state index contributed by atoms with van der Waals surface area (Å²) in [6.45, 7) is 6.76. The van der Waals surface area contributed by atoms with Gasteiger partial charge < -0.3 is 15.0 Å². The van der Waals surface area contributed by atoms with Gasteiger partial charge in [0.25, 0.3) is 0 Å². The lowest BCUT2D eigenvalue weighted by atomic mass is 10.1. The number of aromatic nitrogens is 1. The Hall–Kier alpha value is -2.07. The second-order valence-corrected chi connectivity index (χ2v) is 4.36. The zero-order valence-electron chi connectivity index (χ0n) is 11.0. The molecule has 1 heterocycles. The summed E-state index contributed by atoms with van der Waals surface area (Å²) in [5.74, 6) is 0.281. The number of aromatic amines is 1. The molecule has 0 amide bonds. The highest BCUT2D eigenvalue weighted by atomic mass is 16.5. The number of esters is 1. The number of hydrogen-bond acceptors (Lipinski definition) is 3. The fourth-order valence-electron chi connectivity index (χ4n) is 2.02. The number of carbonyl (C=O) groups is 1. The van der Waals surface area contributed by atoms with Gasteiger partial charge in [0, 0.05) is 30.6 Å². The first kappa shape index (κ1) is 13.4. The van der Waals surface area contributed by atoms with Crippen LogP contribution in [0.4, 0.5) is 0 Å². The van der Waals surface area contributed by atoms with Gasteiger partial charge in [-0.15, -0.1) is 6.58 Å². The Morgan fingerprint density at radius 1 is 1.53 bits per heavy atom. The molecule has 19 heavy (non-hydrogen) atoms. The number of carbonyl (C=O) groups excluding carboxylic acids is 1. The number of rotatable bonds is 6. The van der Waals surface area contributed by atoms with Crippen molar-refractivity contribution in [2.45, 2.75) is 13.3 Å². The smallest absolute Gasteiger partial charge is 0.308 e. The maximum Gasteiger partial charge on any atom is 0.308 e. The summed E-state index contributed by atoms with van der Waals surface area (Å²) >= 11 is 0. The minimum absolute atomic E-state index is 0.302. The third-order valence-corrected chi connectivity index (χ3v) is 2.86. The summed E-state index contributed by atoms with van der Waals surface area (Å²) in [4.78, 5) is 14.2. The van der Waals surface area contributed by atoms with Gasteiger partial charge in [-0.2, -0.15) is 0 Å². The van der Waals surface area contributed by atoms with E-state index >= 15 is 0 Å². The van der Waals surface area contributed by atoms with Crippen LogP contribution in [0, 0.1) is 0 Å². The van der Waals surface area contributed by atoms with Gasteiger partial charge in [0.05, 0.1) is 0 Å². The fourth-order valence-corrected chi connectivity index (χ4v) is 2.02. The van der Waals surface area contributed by atoms with Crippen LogP contribution in [0.15, 0.2) is 37.1 Å². The van der Waals surface area contributed by atoms with Crippen molar-refractivity contribution in [1.82, 2.24) is 10.3 Å². The molecule has 0 saturated heterocycles. The molecule has 100 valence electrons. The highest BCUT2D eigenvalue weighted by Crippen LogP contribution is 2.24. The van der Waals surface area contributed by atoms with Crippen LogP contribution in [0.2, 0.25) is 0 Å². The number of fused-ring (bicyclic) bond motifs is 1. The van der Waals surface area contributed by atoms with Crippen molar-refractivity contribution in [3.63, 3.8) is 0 Å². The summed E-state index contributed by atoms with van der Waals surface area (Å²) in [5.41, 5.74) is 2.26. The topological polar surface area (TPSA) is 54.1 Å². The minimum Gasteiger partial charge on any atom is -0.427 e. The average molecular weight is 258 g/mol. The van der Waals surface area contributed by atoms with Gasteiger partial charge >= 0.3 is 5.97 Å². The number of hydrogen-bond donors (Lipinski definition) is 2. The van der Waals surface area contributed by atoms with Crippen LogP contribution in [0.25, 0.3) is 10.9 Å². The van der Waals surface area contributed by atoms with Gasteiger partial charge in [0.2, 0.25) is 0 Å². The van der Waals surface area contributed by atoms with E-state index in [1.54, 1.807) is 6.07 Å². The van der Waals surface area contributed by atoms with Crippen molar-refractivity contribution in [2.24, 2.45) is 0 Å². The summed E-state index contributed by atoms with van der Waals surface area (Å²) in [6, 6.07) is 5.62. The molecule has 4 nitrogen and oxygen atoms in total. The van der Waals surface area contributed by atoms with Gasteiger partial charge in [0.15, 0.2) is 0 Å². The molecule has 0 fully saturated rings. The summed E-state index contributed by atoms with van der Waals surface area (Å²) in [6.07, 6.45) is 4.75. The molecule has 2 N–H and O–H groups in total. The van der Waals surface area contributed by atoms with Gasteiger partial charge in [-0.3, -0.25) is 4.79 Å². The molecule has 0 bridgehead atoms. The number of benzene rings is 1. The molecule has 0 atom stereocenters. The van der Waals surface area contributed by atoms with Crippen LogP contribution in [0.1, 0.15) is 12.5 Å². The highest BCUT2D eigenvalue weighted by molar-refractivity contribution is 5.85. The van der Waals surface area contributed by atoms with E-state index in [9.17, 15) is 4.79 Å². The van der Waals surface area contributed by atoms with Crippen molar-refractivity contribution in [3.8, 4) is 5.75 Å². The van der Waals surface area contributed by atoms with Crippen molar-refractivity contribution in [3.05, 3.63) is 42.6 Å². The van der Waals surface area contributed by atoms with Crippen molar-refractivity contribution < 1.29 is 9.53 Å². The molecule has 1 aromatic carbocycles. The number of H-pyrrole nitrogens is 1. The van der Waals surface area contributed by atoms with E-state index in [1.807, 2.05) is 24.4 Å². The molecule has 4 heteroatoms. The zero-order valence-corrected chi connectivity index (χ0v) is 11.0. The summed E-state index contributed by atoms with van der Waals surface area (Å²) < 4.78 is 5.11. The molecule has 0 radical (unpaired) electrons. The van der Waals surface area contributed by atoms with Crippen LogP contribution in [-0.4, -0.2) is 24.0 Å². The minimum atomic E-state index is -0.302. The maximum absolute atomic E-state index is 11.0. The lowest BCUT2D eigenvalue weighted by molar-refractivity contribution is -0.131. The van der Waals surface area contributed by atoms with Gasteiger partial charge in [-0.05, 0) is 36.7 Å². The standard InChI is InChI=1S/C15H18N2O2/c1-3-7-16-8-6-12-10-17-15-5-4-13(9-14(12)15)19-11(2)18/h3-5,9-10,16-17H,1,6-8H2,2H3. The van der Waals surface area contributed by atoms with Crippen LogP contribution in [0.5, 0.6) is 5.75 Å². The monoisotopic (exact) mass is 258 g/mol. The second-order valence-electron chi connectivity index (χ2n) is 4.36. The van der Waals surface area contributed by atoms with E-state index < -0.39 is 0 Å². The summed E-state index contributed by atoms with van der Waals surface area (Å²) in [7, 11) is 0. The van der Waals surface area contributed by atoms with Crippen LogP contribution in [-0.2, 0) is 11.2 Å². The van der Waals surface area contributed by atoms with E-state index in [1.165, 1.54) is 12.5 Å². The molecule has 0 aliphatic heterocycles. The molecule has 2 rings (SSSR count). The SMILES string of the molecule is C=CCNCCc1c[nH]c2ccc(OC(C)=O)cc12. The molecular formula is C15H18N2O2. The zero-order chi connectivity index (χ0) is 13.7. The molecular weight excluding hydrogens is 240 g/mol. The summed E-state index contributed by atoms with van der Waals surface area (Å²) in [5, 5.41) is 4.36. The molecule has 0 aliphatic rings. The Morgan fingerprint density at radius 2 is 2.37 bits per heavy atom. The highest BCUT2D eigenvalue weighted by Gasteiger charge is 2.06. The number of ether oxygens (including phenoxy) is 1. The van der Waals surface area contributed by atoms with E-state index in [0.29, 0.717) is 5.75 Å². The van der Waals surface area contributed by atoms with Gasteiger partial charge in [-0.25, -0.2) is 0 Å². The Labute approximate surface area is 112 Å². The maximum atomic E-state index is 11.0. The van der Waals surface area contributed by atoms with Gasteiger partial charge in [-0.1, -0.05) is 6.08 Å². The van der Waals surface area contributed by atoms with E-state index in [0.717, 1.165) is 30.4 Å². The molecule has 2 aromatic rings. The van der Waals surface area contributed by atoms with Crippen LogP contribution >= 0.6 is 0 Å². The van der Waals surface area contributed by atoms with E-state index in [4.69, 9.17) is 4.74 Å². The van der Waals surface area contributed by atoms with Gasteiger partial charge in [0.1, 0.15) is 5.75 Å². The van der Waals surface area contributed by atoms with E-state index in [2.05, 4.69) is 16.9 Å². The molecule has 0 aliphatic carbocycles. The first-order valence-corrected chi connectivity index (χ1v) is 6.30. The van der Waals surface area contributed by atoms with Crippen molar-refractivity contribution in [1.29, 1.82) is 0 Å². The molecule has 0 saturated carbocycles.